The van der Waals surface area contributed by atoms with Crippen molar-refractivity contribution in [2.24, 2.45) is 0 Å². The van der Waals surface area contributed by atoms with Crippen molar-refractivity contribution >= 4 is 18.1 Å². The third kappa shape index (κ3) is 6.04. The number of carbonyl (C=O) groups excluding carboxylic acids is 3. The van der Waals surface area contributed by atoms with E-state index in [9.17, 15) is 14.4 Å². The van der Waals surface area contributed by atoms with Crippen molar-refractivity contribution in [3.63, 3.8) is 0 Å². The molecule has 36 heavy (non-hydrogen) atoms. The Morgan fingerprint density at radius 3 is 2.11 bits per heavy atom. The molecule has 1 aliphatic rings. The van der Waals surface area contributed by atoms with Crippen LogP contribution in [0.4, 0.5) is 9.59 Å². The number of amides is 3. The van der Waals surface area contributed by atoms with Gasteiger partial charge in [-0.1, -0.05) is 48.5 Å². The van der Waals surface area contributed by atoms with Crippen molar-refractivity contribution < 1.29 is 28.3 Å². The zero-order valence-electron chi connectivity index (χ0n) is 20.4. The van der Waals surface area contributed by atoms with Crippen molar-refractivity contribution in [2.45, 2.75) is 44.8 Å². The lowest BCUT2D eigenvalue weighted by Gasteiger charge is -2.21. The number of rotatable bonds is 6. The highest BCUT2D eigenvalue weighted by Gasteiger charge is 2.30. The maximum Gasteiger partial charge on any atom is 0.426 e. The first kappa shape index (κ1) is 24.8. The molecule has 3 amide bonds. The molecule has 1 aliphatic carbocycles. The van der Waals surface area contributed by atoms with E-state index in [0.717, 1.165) is 22.3 Å². The Morgan fingerprint density at radius 2 is 1.53 bits per heavy atom. The first-order valence-corrected chi connectivity index (χ1v) is 11.6. The molecule has 188 valence electrons. The van der Waals surface area contributed by atoms with Gasteiger partial charge < -0.3 is 19.2 Å². The summed E-state index contributed by atoms with van der Waals surface area (Å²) >= 11 is 0. The third-order valence-corrected chi connectivity index (χ3v) is 5.62. The van der Waals surface area contributed by atoms with Crippen LogP contribution in [0.3, 0.4) is 0 Å². The lowest BCUT2D eigenvalue weighted by atomic mass is 9.98. The summed E-state index contributed by atoms with van der Waals surface area (Å²) in [6.07, 6.45) is -0.0650. The average molecular weight is 492 g/mol. The minimum absolute atomic E-state index is 0.0546. The quantitative estimate of drug-likeness (QED) is 0.443. The van der Waals surface area contributed by atoms with Crippen LogP contribution in [0.15, 0.2) is 71.3 Å². The molecule has 4 rings (SSSR count). The summed E-state index contributed by atoms with van der Waals surface area (Å²) in [5, 5.41) is 2.57. The molecule has 0 saturated carbocycles. The lowest BCUT2D eigenvalue weighted by molar-refractivity contribution is -0.124. The van der Waals surface area contributed by atoms with Crippen LogP contribution in [0.2, 0.25) is 0 Å². The molecule has 2 aromatic carbocycles. The van der Waals surface area contributed by atoms with Crippen LogP contribution in [-0.4, -0.2) is 36.3 Å². The van der Waals surface area contributed by atoms with Gasteiger partial charge in [0, 0.05) is 12.3 Å². The Morgan fingerprint density at radius 1 is 0.889 bits per heavy atom. The summed E-state index contributed by atoms with van der Waals surface area (Å²) in [7, 11) is 0. The Kier molecular flexibility index (Phi) is 7.28. The van der Waals surface area contributed by atoms with Gasteiger partial charge in [-0.3, -0.25) is 10.2 Å². The number of hydrogen-bond donors (Lipinski definition) is 3. The second-order valence-corrected chi connectivity index (χ2v) is 9.42. The number of alkyl carbamates (subject to hydrolysis) is 1. The van der Waals surface area contributed by atoms with Gasteiger partial charge in [-0.05, 0) is 55.2 Å². The first-order valence-electron chi connectivity index (χ1n) is 11.6. The van der Waals surface area contributed by atoms with Gasteiger partial charge in [-0.2, -0.15) is 0 Å². The van der Waals surface area contributed by atoms with Gasteiger partial charge >= 0.3 is 12.2 Å². The van der Waals surface area contributed by atoms with Crippen LogP contribution in [0.25, 0.3) is 11.1 Å². The minimum atomic E-state index is -1.07. The fourth-order valence-corrected chi connectivity index (χ4v) is 4.12. The number of benzene rings is 2. The number of fused-ring (bicyclic) bond motifs is 3. The van der Waals surface area contributed by atoms with E-state index in [-0.39, 0.29) is 18.9 Å². The van der Waals surface area contributed by atoms with E-state index in [2.05, 4.69) is 28.3 Å². The average Bonchev–Trinajstić information content (AvgIpc) is 3.46. The van der Waals surface area contributed by atoms with Gasteiger partial charge in [0.1, 0.15) is 24.0 Å². The van der Waals surface area contributed by atoms with Crippen molar-refractivity contribution in [1.82, 2.24) is 16.2 Å². The number of ether oxygens (including phenoxy) is 2. The van der Waals surface area contributed by atoms with Gasteiger partial charge in [0.2, 0.25) is 0 Å². The van der Waals surface area contributed by atoms with E-state index in [1.807, 2.05) is 36.4 Å². The van der Waals surface area contributed by atoms with E-state index < -0.39 is 29.7 Å². The van der Waals surface area contributed by atoms with Gasteiger partial charge in [0.15, 0.2) is 0 Å². The fraction of sp³-hybridized carbons (Fsp3) is 0.296. The van der Waals surface area contributed by atoms with E-state index in [1.165, 1.54) is 6.26 Å². The molecule has 1 heterocycles. The highest BCUT2D eigenvalue weighted by Crippen LogP contribution is 2.44. The van der Waals surface area contributed by atoms with Crippen molar-refractivity contribution in [3.05, 3.63) is 83.8 Å². The molecule has 1 unspecified atom stereocenters. The third-order valence-electron chi connectivity index (χ3n) is 5.62. The van der Waals surface area contributed by atoms with Crippen LogP contribution < -0.4 is 16.2 Å². The van der Waals surface area contributed by atoms with Gasteiger partial charge in [-0.25, -0.2) is 15.0 Å². The molecular weight excluding hydrogens is 462 g/mol. The van der Waals surface area contributed by atoms with E-state index in [1.54, 1.807) is 32.9 Å². The molecule has 0 aliphatic heterocycles. The maximum atomic E-state index is 12.8. The maximum absolute atomic E-state index is 12.8. The first-order chi connectivity index (χ1) is 17.2. The van der Waals surface area contributed by atoms with Crippen LogP contribution in [0, 0.1) is 0 Å². The topological polar surface area (TPSA) is 119 Å². The molecule has 3 aromatic rings. The van der Waals surface area contributed by atoms with Crippen molar-refractivity contribution in [2.75, 3.05) is 6.61 Å². The summed E-state index contributed by atoms with van der Waals surface area (Å²) in [5.74, 6) is -0.300. The number of carbonyl (C=O) groups is 3. The second kappa shape index (κ2) is 10.6. The zero-order valence-corrected chi connectivity index (χ0v) is 20.4. The molecule has 1 aromatic heterocycles. The highest BCUT2D eigenvalue weighted by molar-refractivity contribution is 5.87. The van der Waals surface area contributed by atoms with E-state index in [0.29, 0.717) is 5.76 Å². The Balaban J connectivity index is 1.39. The van der Waals surface area contributed by atoms with Crippen molar-refractivity contribution in [1.29, 1.82) is 0 Å². The number of hydrazine groups is 1. The van der Waals surface area contributed by atoms with Crippen LogP contribution in [0.1, 0.15) is 43.6 Å². The van der Waals surface area contributed by atoms with Gasteiger partial charge in [0.05, 0.1) is 6.26 Å². The molecule has 1 atom stereocenters. The molecule has 9 heteroatoms. The molecule has 0 saturated heterocycles. The molecule has 9 nitrogen and oxygen atoms in total. The minimum Gasteiger partial charge on any atom is -0.469 e. The molecule has 0 bridgehead atoms. The van der Waals surface area contributed by atoms with Crippen LogP contribution in [-0.2, 0) is 20.7 Å². The Bertz CT molecular complexity index is 1190. The summed E-state index contributed by atoms with van der Waals surface area (Å²) < 4.78 is 16.0. The molecule has 0 fully saturated rings. The van der Waals surface area contributed by atoms with Gasteiger partial charge in [-0.15, -0.1) is 0 Å². The Labute approximate surface area is 209 Å². The summed E-state index contributed by atoms with van der Waals surface area (Å²) in [5.41, 5.74) is 8.12. The molecule has 0 radical (unpaired) electrons. The molecule has 0 spiro atoms. The Hall–Kier alpha value is -4.27. The zero-order chi connectivity index (χ0) is 25.7. The lowest BCUT2D eigenvalue weighted by Crippen LogP contribution is -2.54. The highest BCUT2D eigenvalue weighted by atomic mass is 16.6. The molecule has 3 N–H and O–H groups in total. The SMILES string of the molecule is CC(C)(C)OC(=O)NNC(=O)C(Cc1ccco1)NC(=O)OCC1c2ccccc2-c2ccccc21. The van der Waals surface area contributed by atoms with Gasteiger partial charge in [0.25, 0.3) is 5.91 Å². The molecular formula is C27H29N3O6. The summed E-state index contributed by atoms with van der Waals surface area (Å²) in [6, 6.07) is 18.3. The fourth-order valence-electron chi connectivity index (χ4n) is 4.12. The predicted molar refractivity (Wildman–Crippen MR) is 132 cm³/mol. The number of furan rings is 1. The van der Waals surface area contributed by atoms with E-state index in [4.69, 9.17) is 13.9 Å². The summed E-state index contributed by atoms with van der Waals surface area (Å²) in [6.45, 7) is 5.21. The normalized spacial score (nSPS) is 13.2. The summed E-state index contributed by atoms with van der Waals surface area (Å²) in [4.78, 5) is 37.4. The standard InChI is InChI=1S/C27H29N3O6/c1-27(2,3)36-26(33)30-29-24(31)23(15-17-9-8-14-34-17)28-25(32)35-16-22-20-12-6-4-10-18(20)19-11-5-7-13-21(19)22/h4-14,22-23H,15-16H2,1-3H3,(H,28,32)(H,29,31)(H,30,33). The second-order valence-electron chi connectivity index (χ2n) is 9.42. The smallest absolute Gasteiger partial charge is 0.426 e. The van der Waals surface area contributed by atoms with Crippen LogP contribution >= 0.6 is 0 Å². The monoisotopic (exact) mass is 491 g/mol. The number of hydrogen-bond acceptors (Lipinski definition) is 6. The largest absolute Gasteiger partial charge is 0.469 e. The number of nitrogens with one attached hydrogen (secondary N) is 3. The van der Waals surface area contributed by atoms with Crippen LogP contribution in [0.5, 0.6) is 0 Å². The predicted octanol–water partition coefficient (Wildman–Crippen LogP) is 4.29. The van der Waals surface area contributed by atoms with E-state index >= 15 is 0 Å². The van der Waals surface area contributed by atoms with Crippen molar-refractivity contribution in [3.8, 4) is 11.1 Å².